The number of allylic oxidation sites excluding steroid dienone is 2. The average Bonchev–Trinajstić information content (AvgIpc) is 3.17. The van der Waals surface area contributed by atoms with Gasteiger partial charge in [0.1, 0.15) is 11.5 Å². The largest absolute Gasteiger partial charge is 0.496 e. The third kappa shape index (κ3) is 2.96. The summed E-state index contributed by atoms with van der Waals surface area (Å²) in [5.74, 6) is 2.84. The summed E-state index contributed by atoms with van der Waals surface area (Å²) in [6.07, 6.45) is 7.00. The van der Waals surface area contributed by atoms with Crippen LogP contribution in [0, 0.1) is 5.92 Å². The maximum absolute atomic E-state index is 6.05. The summed E-state index contributed by atoms with van der Waals surface area (Å²) in [6.45, 7) is 4.27. The number of ether oxygens (including phenoxy) is 2. The number of rotatable bonds is 5. The van der Waals surface area contributed by atoms with Crippen LogP contribution < -0.4 is 14.8 Å². The molecule has 1 N–H and O–H groups in total. The molecule has 2 aromatic rings. The molecule has 3 nitrogen and oxygen atoms in total. The van der Waals surface area contributed by atoms with E-state index < -0.39 is 0 Å². The number of hydrogen-bond donors (Lipinski definition) is 1. The molecule has 3 heteroatoms. The summed E-state index contributed by atoms with van der Waals surface area (Å²) in [4.78, 5) is 0. The van der Waals surface area contributed by atoms with Crippen molar-refractivity contribution in [3.8, 4) is 11.5 Å². The minimum atomic E-state index is 0.237. The Balaban J connectivity index is 1.70. The number of hydrogen-bond acceptors (Lipinski definition) is 3. The Morgan fingerprint density at radius 1 is 1.15 bits per heavy atom. The van der Waals surface area contributed by atoms with Crippen LogP contribution in [-0.4, -0.2) is 13.2 Å². The van der Waals surface area contributed by atoms with E-state index in [9.17, 15) is 0 Å². The highest BCUT2D eigenvalue weighted by molar-refractivity contribution is 5.62. The van der Waals surface area contributed by atoms with Crippen molar-refractivity contribution in [1.82, 2.24) is 0 Å². The van der Waals surface area contributed by atoms with Crippen molar-refractivity contribution in [2.45, 2.75) is 44.8 Å². The molecule has 0 amide bonds. The SMILES string of the molecule is CCC(C)Oc1ccc2c(c1)C1C=CCC1C(c1ccccc1OC)N2. The normalized spacial score (nSPS) is 24.3. The van der Waals surface area contributed by atoms with Crippen molar-refractivity contribution < 1.29 is 9.47 Å². The predicted octanol–water partition coefficient (Wildman–Crippen LogP) is 5.70. The fourth-order valence-electron chi connectivity index (χ4n) is 4.19. The zero-order valence-corrected chi connectivity index (χ0v) is 15.7. The molecule has 0 bridgehead atoms. The van der Waals surface area contributed by atoms with Gasteiger partial charge in [-0.15, -0.1) is 0 Å². The lowest BCUT2D eigenvalue weighted by Crippen LogP contribution is -2.29. The number of fused-ring (bicyclic) bond motifs is 3. The standard InChI is InChI=1S/C23H27NO2/c1-4-15(2)26-16-12-13-21-20(14-16)17-9-7-10-18(17)23(24-21)19-8-5-6-11-22(19)25-3/h5-9,11-15,17-18,23-24H,4,10H2,1-3H3. The first-order valence-corrected chi connectivity index (χ1v) is 9.58. The molecule has 0 fully saturated rings. The van der Waals surface area contributed by atoms with Gasteiger partial charge in [-0.2, -0.15) is 0 Å². The topological polar surface area (TPSA) is 30.5 Å². The van der Waals surface area contributed by atoms with Gasteiger partial charge in [0, 0.05) is 17.2 Å². The maximum Gasteiger partial charge on any atom is 0.124 e. The Morgan fingerprint density at radius 3 is 2.81 bits per heavy atom. The van der Waals surface area contributed by atoms with Crippen LogP contribution in [0.2, 0.25) is 0 Å². The van der Waals surface area contributed by atoms with Crippen LogP contribution >= 0.6 is 0 Å². The summed E-state index contributed by atoms with van der Waals surface area (Å²) in [6, 6.07) is 15.1. The van der Waals surface area contributed by atoms with Crippen LogP contribution in [0.4, 0.5) is 5.69 Å². The van der Waals surface area contributed by atoms with E-state index in [4.69, 9.17) is 9.47 Å². The monoisotopic (exact) mass is 349 g/mol. The van der Waals surface area contributed by atoms with Gasteiger partial charge in [0.15, 0.2) is 0 Å². The van der Waals surface area contributed by atoms with Crippen molar-refractivity contribution in [2.24, 2.45) is 5.92 Å². The average molecular weight is 349 g/mol. The molecular weight excluding hydrogens is 322 g/mol. The molecule has 2 aliphatic rings. The van der Waals surface area contributed by atoms with Crippen LogP contribution in [0.25, 0.3) is 0 Å². The molecule has 1 aliphatic carbocycles. The minimum absolute atomic E-state index is 0.237. The highest BCUT2D eigenvalue weighted by Crippen LogP contribution is 2.51. The van der Waals surface area contributed by atoms with Crippen molar-refractivity contribution in [3.05, 3.63) is 65.7 Å². The zero-order chi connectivity index (χ0) is 18.1. The van der Waals surface area contributed by atoms with Gasteiger partial charge in [-0.25, -0.2) is 0 Å². The van der Waals surface area contributed by atoms with Crippen LogP contribution in [0.3, 0.4) is 0 Å². The van der Waals surface area contributed by atoms with Gasteiger partial charge in [0.05, 0.1) is 19.3 Å². The molecule has 0 saturated heterocycles. The first kappa shape index (κ1) is 17.0. The number of nitrogens with one attached hydrogen (secondary N) is 1. The van der Waals surface area contributed by atoms with Crippen LogP contribution in [-0.2, 0) is 0 Å². The molecular formula is C23H27NO2. The van der Waals surface area contributed by atoms with Gasteiger partial charge >= 0.3 is 0 Å². The van der Waals surface area contributed by atoms with Crippen molar-refractivity contribution in [1.29, 1.82) is 0 Å². The van der Waals surface area contributed by atoms with E-state index in [2.05, 4.69) is 61.6 Å². The molecule has 26 heavy (non-hydrogen) atoms. The van der Waals surface area contributed by atoms with Crippen LogP contribution in [0.5, 0.6) is 11.5 Å². The van der Waals surface area contributed by atoms with E-state index in [1.54, 1.807) is 7.11 Å². The summed E-state index contributed by atoms with van der Waals surface area (Å²) in [5, 5.41) is 3.78. The Bertz CT molecular complexity index is 814. The third-order valence-electron chi connectivity index (χ3n) is 5.72. The van der Waals surface area contributed by atoms with Gasteiger partial charge in [-0.1, -0.05) is 37.3 Å². The Morgan fingerprint density at radius 2 is 2.00 bits per heavy atom. The van der Waals surface area contributed by atoms with Crippen LogP contribution in [0.15, 0.2) is 54.6 Å². The van der Waals surface area contributed by atoms with Gasteiger partial charge in [-0.05, 0) is 55.5 Å². The zero-order valence-electron chi connectivity index (χ0n) is 15.7. The molecule has 4 atom stereocenters. The highest BCUT2D eigenvalue weighted by atomic mass is 16.5. The fraction of sp³-hybridized carbons (Fsp3) is 0.391. The van der Waals surface area contributed by atoms with Gasteiger partial charge in [-0.3, -0.25) is 0 Å². The Kier molecular flexibility index (Phi) is 4.62. The molecule has 0 radical (unpaired) electrons. The Labute approximate surface area is 156 Å². The predicted molar refractivity (Wildman–Crippen MR) is 106 cm³/mol. The molecule has 1 aliphatic heterocycles. The lowest BCUT2D eigenvalue weighted by atomic mass is 9.77. The lowest BCUT2D eigenvalue weighted by Gasteiger charge is -2.38. The molecule has 4 unspecified atom stereocenters. The fourth-order valence-corrected chi connectivity index (χ4v) is 4.19. The number of benzene rings is 2. The maximum atomic E-state index is 6.05. The summed E-state index contributed by atoms with van der Waals surface area (Å²) < 4.78 is 11.7. The van der Waals surface area contributed by atoms with Crippen molar-refractivity contribution in [2.75, 3.05) is 12.4 Å². The van der Waals surface area contributed by atoms with E-state index in [1.165, 1.54) is 16.8 Å². The van der Waals surface area contributed by atoms with Crippen LogP contribution in [0.1, 0.15) is 49.8 Å². The minimum Gasteiger partial charge on any atom is -0.496 e. The summed E-state index contributed by atoms with van der Waals surface area (Å²) >= 11 is 0. The van der Waals surface area contributed by atoms with E-state index in [-0.39, 0.29) is 12.1 Å². The number of para-hydroxylation sites is 1. The van der Waals surface area contributed by atoms with Gasteiger partial charge < -0.3 is 14.8 Å². The van der Waals surface area contributed by atoms with E-state index in [0.717, 1.165) is 24.3 Å². The second kappa shape index (κ2) is 7.06. The third-order valence-corrected chi connectivity index (χ3v) is 5.72. The highest BCUT2D eigenvalue weighted by Gasteiger charge is 2.39. The summed E-state index contributed by atoms with van der Waals surface area (Å²) in [5.41, 5.74) is 3.78. The van der Waals surface area contributed by atoms with Gasteiger partial charge in [0.2, 0.25) is 0 Å². The molecule has 2 aromatic carbocycles. The molecule has 1 heterocycles. The molecule has 0 spiro atoms. The number of anilines is 1. The first-order valence-electron chi connectivity index (χ1n) is 9.58. The smallest absolute Gasteiger partial charge is 0.124 e. The van der Waals surface area contributed by atoms with E-state index in [0.29, 0.717) is 11.8 Å². The molecule has 136 valence electrons. The molecule has 0 aromatic heterocycles. The molecule has 0 saturated carbocycles. The summed E-state index contributed by atoms with van der Waals surface area (Å²) in [7, 11) is 1.75. The lowest BCUT2D eigenvalue weighted by molar-refractivity contribution is 0.217. The second-order valence-electron chi connectivity index (χ2n) is 7.30. The number of methoxy groups -OCH3 is 1. The van der Waals surface area contributed by atoms with Crippen molar-refractivity contribution >= 4 is 5.69 Å². The first-order chi connectivity index (χ1) is 12.7. The van der Waals surface area contributed by atoms with E-state index in [1.807, 2.05) is 12.1 Å². The van der Waals surface area contributed by atoms with Gasteiger partial charge in [0.25, 0.3) is 0 Å². The second-order valence-corrected chi connectivity index (χ2v) is 7.30. The van der Waals surface area contributed by atoms with E-state index >= 15 is 0 Å². The quantitative estimate of drug-likeness (QED) is 0.703. The Hall–Kier alpha value is -2.42. The van der Waals surface area contributed by atoms with Crippen molar-refractivity contribution in [3.63, 3.8) is 0 Å². The molecule has 4 rings (SSSR count).